The molecule has 0 aromatic heterocycles. The highest BCUT2D eigenvalue weighted by Gasteiger charge is 2.17. The highest BCUT2D eigenvalue weighted by atomic mass is 19.2. The summed E-state index contributed by atoms with van der Waals surface area (Å²) < 4.78 is 40.6. The van der Waals surface area contributed by atoms with Gasteiger partial charge in [-0.3, -0.25) is 9.59 Å². The lowest BCUT2D eigenvalue weighted by Crippen LogP contribution is -2.27. The summed E-state index contributed by atoms with van der Waals surface area (Å²) in [5.74, 6) is -4.54. The Bertz CT molecular complexity index is 870. The van der Waals surface area contributed by atoms with Gasteiger partial charge in [-0.2, -0.15) is 0 Å². The molecule has 0 radical (unpaired) electrons. The first-order valence-corrected chi connectivity index (χ1v) is 8.15. The Hall–Kier alpha value is -2.87. The van der Waals surface area contributed by atoms with Crippen LogP contribution in [0.5, 0.6) is 0 Å². The zero-order valence-electron chi connectivity index (χ0n) is 15.2. The van der Waals surface area contributed by atoms with Gasteiger partial charge in [0.25, 0.3) is 0 Å². The minimum Gasteiger partial charge on any atom is -0.325 e. The number of rotatable bonds is 6. The van der Waals surface area contributed by atoms with E-state index in [2.05, 4.69) is 10.6 Å². The number of hydrogen-bond donors (Lipinski definition) is 2. The van der Waals surface area contributed by atoms with E-state index in [1.807, 2.05) is 0 Å². The number of benzene rings is 2. The van der Waals surface area contributed by atoms with Crippen molar-refractivity contribution in [1.29, 1.82) is 0 Å². The highest BCUT2D eigenvalue weighted by molar-refractivity contribution is 5.96. The average Bonchev–Trinajstić information content (AvgIpc) is 2.57. The number of carbonyl (C=O) groups is 2. The van der Waals surface area contributed by atoms with Crippen LogP contribution in [0.25, 0.3) is 0 Å². The van der Waals surface area contributed by atoms with Gasteiger partial charge in [0, 0.05) is 16.9 Å². The molecule has 2 amide bonds. The van der Waals surface area contributed by atoms with Crippen molar-refractivity contribution in [3.8, 4) is 0 Å². The van der Waals surface area contributed by atoms with Crippen molar-refractivity contribution in [2.45, 2.75) is 13.3 Å². The predicted octanol–water partition coefficient (Wildman–Crippen LogP) is 3.09. The molecule has 0 unspecified atom stereocenters. The number of likely N-dealkylation sites (N-methyl/N-ethyl adjacent to an activating group) is 1. The summed E-state index contributed by atoms with van der Waals surface area (Å²) in [6.45, 7) is 1.91. The van der Waals surface area contributed by atoms with Crippen LogP contribution in [0, 0.1) is 24.4 Å². The van der Waals surface area contributed by atoms with E-state index in [9.17, 15) is 22.8 Å². The first kappa shape index (κ1) is 20.4. The molecular formula is C19H20F3N3O2. The van der Waals surface area contributed by atoms with Crippen LogP contribution in [0.3, 0.4) is 0 Å². The SMILES string of the molecule is Cc1ccc(NC(=O)CN(C)C)cc1NC(=O)Cc1c(F)ccc(F)c1F. The fraction of sp³-hybridized carbons (Fsp3) is 0.263. The Morgan fingerprint density at radius 3 is 2.30 bits per heavy atom. The second-order valence-electron chi connectivity index (χ2n) is 6.36. The smallest absolute Gasteiger partial charge is 0.238 e. The summed E-state index contributed by atoms with van der Waals surface area (Å²) in [5, 5.41) is 5.22. The molecule has 2 rings (SSSR count). The van der Waals surface area contributed by atoms with Gasteiger partial charge in [0.1, 0.15) is 5.82 Å². The van der Waals surface area contributed by atoms with Crippen LogP contribution in [0.4, 0.5) is 24.5 Å². The number of nitrogens with one attached hydrogen (secondary N) is 2. The molecule has 0 heterocycles. The molecule has 2 aromatic carbocycles. The Kier molecular flexibility index (Phi) is 6.57. The van der Waals surface area contributed by atoms with Crippen molar-refractivity contribution in [2.24, 2.45) is 0 Å². The lowest BCUT2D eigenvalue weighted by atomic mass is 10.1. The molecule has 0 bridgehead atoms. The van der Waals surface area contributed by atoms with Crippen LogP contribution in [0.2, 0.25) is 0 Å². The van der Waals surface area contributed by atoms with Gasteiger partial charge in [-0.05, 0) is 50.8 Å². The Labute approximate surface area is 155 Å². The normalized spacial score (nSPS) is 10.8. The quantitative estimate of drug-likeness (QED) is 0.759. The molecule has 0 spiro atoms. The van der Waals surface area contributed by atoms with Crippen LogP contribution in [-0.2, 0) is 16.0 Å². The maximum absolute atomic E-state index is 13.7. The molecule has 0 saturated heterocycles. The van der Waals surface area contributed by atoms with Gasteiger partial charge in [0.15, 0.2) is 11.6 Å². The van der Waals surface area contributed by atoms with Gasteiger partial charge in [0.05, 0.1) is 13.0 Å². The minimum atomic E-state index is -1.38. The summed E-state index contributed by atoms with van der Waals surface area (Å²) in [4.78, 5) is 25.7. The van der Waals surface area contributed by atoms with E-state index in [4.69, 9.17) is 0 Å². The average molecular weight is 379 g/mol. The van der Waals surface area contributed by atoms with Gasteiger partial charge >= 0.3 is 0 Å². The summed E-state index contributed by atoms with van der Waals surface area (Å²) in [6, 6.07) is 6.33. The Morgan fingerprint density at radius 2 is 1.63 bits per heavy atom. The molecule has 8 heteroatoms. The molecule has 0 aliphatic rings. The van der Waals surface area contributed by atoms with E-state index < -0.39 is 35.3 Å². The van der Waals surface area contributed by atoms with Gasteiger partial charge < -0.3 is 15.5 Å². The van der Waals surface area contributed by atoms with Crippen molar-refractivity contribution in [1.82, 2.24) is 4.90 Å². The topological polar surface area (TPSA) is 61.4 Å². The van der Waals surface area contributed by atoms with Crippen LogP contribution >= 0.6 is 0 Å². The van der Waals surface area contributed by atoms with Crippen LogP contribution in [0.1, 0.15) is 11.1 Å². The Balaban J connectivity index is 2.13. The van der Waals surface area contributed by atoms with E-state index in [0.717, 1.165) is 6.07 Å². The monoisotopic (exact) mass is 379 g/mol. The summed E-state index contributed by atoms with van der Waals surface area (Å²) in [6.07, 6.45) is -0.661. The van der Waals surface area contributed by atoms with Crippen molar-refractivity contribution in [2.75, 3.05) is 31.3 Å². The highest BCUT2D eigenvalue weighted by Crippen LogP contribution is 2.22. The molecule has 0 aliphatic carbocycles. The molecule has 5 nitrogen and oxygen atoms in total. The number of hydrogen-bond acceptors (Lipinski definition) is 3. The fourth-order valence-electron chi connectivity index (χ4n) is 2.41. The zero-order valence-corrected chi connectivity index (χ0v) is 15.2. The summed E-state index contributed by atoms with van der Waals surface area (Å²) >= 11 is 0. The third-order valence-electron chi connectivity index (χ3n) is 3.73. The van der Waals surface area contributed by atoms with E-state index in [1.165, 1.54) is 0 Å². The molecule has 0 aliphatic heterocycles. The van der Waals surface area contributed by atoms with E-state index in [-0.39, 0.29) is 12.5 Å². The van der Waals surface area contributed by atoms with Gasteiger partial charge in [-0.1, -0.05) is 6.07 Å². The standard InChI is InChI=1S/C19H20F3N3O2/c1-11-4-5-12(23-18(27)10-25(2)3)8-16(11)24-17(26)9-13-14(20)6-7-15(21)19(13)22/h4-8H,9-10H2,1-3H3,(H,23,27)(H,24,26). The third-order valence-corrected chi connectivity index (χ3v) is 3.73. The number of anilines is 2. The van der Waals surface area contributed by atoms with Crippen LogP contribution < -0.4 is 10.6 Å². The van der Waals surface area contributed by atoms with Gasteiger partial charge in [-0.25, -0.2) is 13.2 Å². The number of nitrogens with zero attached hydrogens (tertiary/aromatic N) is 1. The van der Waals surface area contributed by atoms with Crippen molar-refractivity contribution in [3.05, 3.63) is 58.9 Å². The number of carbonyl (C=O) groups excluding carboxylic acids is 2. The molecule has 0 atom stereocenters. The third kappa shape index (κ3) is 5.55. The van der Waals surface area contributed by atoms with E-state index >= 15 is 0 Å². The van der Waals surface area contributed by atoms with Crippen molar-refractivity contribution in [3.63, 3.8) is 0 Å². The van der Waals surface area contributed by atoms with Crippen molar-refractivity contribution < 1.29 is 22.8 Å². The largest absolute Gasteiger partial charge is 0.325 e. The molecule has 0 fully saturated rings. The maximum atomic E-state index is 13.7. The van der Waals surface area contributed by atoms with E-state index in [0.29, 0.717) is 23.0 Å². The van der Waals surface area contributed by atoms with Gasteiger partial charge in [0.2, 0.25) is 11.8 Å². The second kappa shape index (κ2) is 8.68. The molecule has 2 aromatic rings. The van der Waals surface area contributed by atoms with Gasteiger partial charge in [-0.15, -0.1) is 0 Å². The van der Waals surface area contributed by atoms with Crippen LogP contribution in [0.15, 0.2) is 30.3 Å². The fourth-order valence-corrected chi connectivity index (χ4v) is 2.41. The number of halogens is 3. The molecular weight excluding hydrogens is 359 g/mol. The van der Waals surface area contributed by atoms with Crippen molar-refractivity contribution >= 4 is 23.2 Å². The van der Waals surface area contributed by atoms with Crippen LogP contribution in [-0.4, -0.2) is 37.4 Å². The lowest BCUT2D eigenvalue weighted by Gasteiger charge is -2.13. The minimum absolute atomic E-state index is 0.188. The predicted molar refractivity (Wildman–Crippen MR) is 97.0 cm³/mol. The lowest BCUT2D eigenvalue weighted by molar-refractivity contribution is -0.117. The maximum Gasteiger partial charge on any atom is 0.238 e. The molecule has 2 N–H and O–H groups in total. The first-order valence-electron chi connectivity index (χ1n) is 8.15. The molecule has 0 saturated carbocycles. The first-order chi connectivity index (χ1) is 12.7. The second-order valence-corrected chi connectivity index (χ2v) is 6.36. The number of amides is 2. The molecule has 144 valence electrons. The zero-order chi connectivity index (χ0) is 20.1. The van der Waals surface area contributed by atoms with E-state index in [1.54, 1.807) is 44.1 Å². The molecule has 27 heavy (non-hydrogen) atoms. The summed E-state index contributed by atoms with van der Waals surface area (Å²) in [7, 11) is 3.51. The number of aryl methyl sites for hydroxylation is 1. The Morgan fingerprint density at radius 1 is 0.963 bits per heavy atom. The summed E-state index contributed by atoms with van der Waals surface area (Å²) in [5.41, 5.74) is 0.889.